The Morgan fingerprint density at radius 1 is 1.29 bits per heavy atom. The molecule has 0 saturated heterocycles. The Morgan fingerprint density at radius 3 is 2.29 bits per heavy atom. The minimum atomic E-state index is -0.218. The van der Waals surface area contributed by atoms with Gasteiger partial charge in [-0.3, -0.25) is 9.79 Å². The first kappa shape index (κ1) is 15.7. The molecule has 5 nitrogen and oxygen atoms in total. The summed E-state index contributed by atoms with van der Waals surface area (Å²) in [5.41, 5.74) is 0. The van der Waals surface area contributed by atoms with Crippen LogP contribution in [0.25, 0.3) is 0 Å². The highest BCUT2D eigenvalue weighted by atomic mass is 16.5. The number of ether oxygens (including phenoxy) is 1. The van der Waals surface area contributed by atoms with E-state index in [1.165, 1.54) is 7.11 Å². The van der Waals surface area contributed by atoms with Crippen LogP contribution in [0.2, 0.25) is 0 Å². The Hall–Kier alpha value is -1.26. The molecule has 0 aliphatic rings. The van der Waals surface area contributed by atoms with E-state index in [2.05, 4.69) is 41.1 Å². The summed E-state index contributed by atoms with van der Waals surface area (Å²) in [6, 6.07) is 0.328. The van der Waals surface area contributed by atoms with Gasteiger partial charge in [0.25, 0.3) is 0 Å². The predicted octanol–water partition coefficient (Wildman–Crippen LogP) is 1.00. The molecule has 0 heterocycles. The second kappa shape index (κ2) is 7.92. The van der Waals surface area contributed by atoms with Crippen LogP contribution in [0.3, 0.4) is 0 Å². The number of methoxy groups -OCH3 is 1. The minimum Gasteiger partial charge on any atom is -0.469 e. The number of carbonyl (C=O) groups is 1. The number of carbonyl (C=O) groups excluding carboxylic acids is 1. The van der Waals surface area contributed by atoms with Gasteiger partial charge in [0.1, 0.15) is 0 Å². The van der Waals surface area contributed by atoms with E-state index in [1.807, 2.05) is 6.92 Å². The Morgan fingerprint density at radius 2 is 1.88 bits per heavy atom. The van der Waals surface area contributed by atoms with Crippen LogP contribution < -0.4 is 10.6 Å². The van der Waals surface area contributed by atoms with Gasteiger partial charge < -0.3 is 15.4 Å². The maximum atomic E-state index is 11.2. The van der Waals surface area contributed by atoms with Crippen molar-refractivity contribution in [1.82, 2.24) is 10.6 Å². The standard InChI is InChI=1S/C12H25N3O2/c1-8(2)10(4)15-12(13-5)14-7-9(3)11(16)17-6/h8-10H,7H2,1-6H3,(H2,13,14,15). The molecule has 0 spiro atoms. The first-order chi connectivity index (χ1) is 7.92. The Kier molecular flexibility index (Phi) is 7.34. The number of aliphatic imine (C=N–C) groups is 1. The molecule has 0 aliphatic carbocycles. The molecular formula is C12H25N3O2. The van der Waals surface area contributed by atoms with Crippen LogP contribution in [-0.2, 0) is 9.53 Å². The maximum Gasteiger partial charge on any atom is 0.310 e. The van der Waals surface area contributed by atoms with Gasteiger partial charge in [0, 0.05) is 19.6 Å². The third kappa shape index (κ3) is 6.14. The van der Waals surface area contributed by atoms with Crippen LogP contribution in [-0.4, -0.2) is 38.7 Å². The van der Waals surface area contributed by atoms with E-state index in [-0.39, 0.29) is 11.9 Å². The Bertz CT molecular complexity index is 264. The monoisotopic (exact) mass is 243 g/mol. The van der Waals surface area contributed by atoms with E-state index in [0.717, 1.165) is 0 Å². The number of hydrogen-bond donors (Lipinski definition) is 2. The second-order valence-electron chi connectivity index (χ2n) is 4.55. The van der Waals surface area contributed by atoms with Crippen molar-refractivity contribution >= 4 is 11.9 Å². The first-order valence-corrected chi connectivity index (χ1v) is 5.97. The van der Waals surface area contributed by atoms with Gasteiger partial charge in [0.05, 0.1) is 13.0 Å². The van der Waals surface area contributed by atoms with E-state index >= 15 is 0 Å². The Labute approximate surface area is 104 Å². The average molecular weight is 243 g/mol. The fraction of sp³-hybridized carbons (Fsp3) is 0.833. The van der Waals surface area contributed by atoms with Crippen LogP contribution in [0.15, 0.2) is 4.99 Å². The number of nitrogens with one attached hydrogen (secondary N) is 2. The molecule has 0 bridgehead atoms. The van der Waals surface area contributed by atoms with Gasteiger partial charge in [-0.25, -0.2) is 0 Å². The summed E-state index contributed by atoms with van der Waals surface area (Å²) in [6.07, 6.45) is 0. The normalized spacial score (nSPS) is 15.4. The fourth-order valence-corrected chi connectivity index (χ4v) is 1.11. The first-order valence-electron chi connectivity index (χ1n) is 5.97. The van der Waals surface area contributed by atoms with Crippen LogP contribution in [0.1, 0.15) is 27.7 Å². The van der Waals surface area contributed by atoms with Crippen molar-refractivity contribution in [2.24, 2.45) is 16.8 Å². The van der Waals surface area contributed by atoms with Gasteiger partial charge in [-0.05, 0) is 12.8 Å². The quantitative estimate of drug-likeness (QED) is 0.430. The highest BCUT2D eigenvalue weighted by Gasteiger charge is 2.14. The van der Waals surface area contributed by atoms with Crippen molar-refractivity contribution in [3.63, 3.8) is 0 Å². The van der Waals surface area contributed by atoms with Gasteiger partial charge in [-0.2, -0.15) is 0 Å². The molecule has 0 saturated carbocycles. The number of rotatable bonds is 5. The van der Waals surface area contributed by atoms with Gasteiger partial charge >= 0.3 is 5.97 Å². The van der Waals surface area contributed by atoms with Crippen molar-refractivity contribution in [2.45, 2.75) is 33.7 Å². The lowest BCUT2D eigenvalue weighted by molar-refractivity contribution is -0.144. The lowest BCUT2D eigenvalue weighted by Crippen LogP contribution is -2.46. The third-order valence-electron chi connectivity index (χ3n) is 2.77. The molecule has 0 aromatic carbocycles. The lowest BCUT2D eigenvalue weighted by atomic mass is 10.1. The van der Waals surface area contributed by atoms with Gasteiger partial charge in [0.2, 0.25) is 0 Å². The van der Waals surface area contributed by atoms with Crippen molar-refractivity contribution in [3.05, 3.63) is 0 Å². The zero-order valence-electron chi connectivity index (χ0n) is 11.7. The fourth-order valence-electron chi connectivity index (χ4n) is 1.11. The zero-order chi connectivity index (χ0) is 13.4. The molecule has 2 atom stereocenters. The summed E-state index contributed by atoms with van der Waals surface area (Å²) >= 11 is 0. The van der Waals surface area contributed by atoms with E-state index in [9.17, 15) is 4.79 Å². The highest BCUT2D eigenvalue weighted by molar-refractivity contribution is 5.81. The summed E-state index contributed by atoms with van der Waals surface area (Å²) in [7, 11) is 3.11. The number of nitrogens with zero attached hydrogens (tertiary/aromatic N) is 1. The highest BCUT2D eigenvalue weighted by Crippen LogP contribution is 1.99. The average Bonchev–Trinajstić information content (AvgIpc) is 2.32. The summed E-state index contributed by atoms with van der Waals surface area (Å²) < 4.78 is 4.66. The molecule has 0 amide bonds. The van der Waals surface area contributed by atoms with E-state index in [4.69, 9.17) is 0 Å². The molecule has 0 fully saturated rings. The molecule has 0 aromatic rings. The zero-order valence-corrected chi connectivity index (χ0v) is 11.7. The minimum absolute atomic E-state index is 0.187. The summed E-state index contributed by atoms with van der Waals surface area (Å²) in [4.78, 5) is 15.3. The topological polar surface area (TPSA) is 62.7 Å². The molecular weight excluding hydrogens is 218 g/mol. The molecule has 0 aromatic heterocycles. The molecule has 2 unspecified atom stereocenters. The molecule has 100 valence electrons. The molecule has 0 radical (unpaired) electrons. The molecule has 0 aliphatic heterocycles. The van der Waals surface area contributed by atoms with Crippen LogP contribution in [0, 0.1) is 11.8 Å². The van der Waals surface area contributed by atoms with Crippen LogP contribution in [0.5, 0.6) is 0 Å². The van der Waals surface area contributed by atoms with Gasteiger partial charge in [-0.1, -0.05) is 20.8 Å². The van der Waals surface area contributed by atoms with Crippen molar-refractivity contribution in [2.75, 3.05) is 20.7 Å². The largest absolute Gasteiger partial charge is 0.469 e. The van der Waals surface area contributed by atoms with Gasteiger partial charge in [0.15, 0.2) is 5.96 Å². The second-order valence-corrected chi connectivity index (χ2v) is 4.55. The van der Waals surface area contributed by atoms with Crippen molar-refractivity contribution < 1.29 is 9.53 Å². The molecule has 5 heteroatoms. The van der Waals surface area contributed by atoms with E-state index in [1.54, 1.807) is 7.05 Å². The molecule has 2 N–H and O–H groups in total. The SMILES string of the molecule is CN=C(NCC(C)C(=O)OC)NC(C)C(C)C. The third-order valence-corrected chi connectivity index (χ3v) is 2.77. The maximum absolute atomic E-state index is 11.2. The molecule has 17 heavy (non-hydrogen) atoms. The van der Waals surface area contributed by atoms with E-state index < -0.39 is 0 Å². The molecule has 0 rings (SSSR count). The summed E-state index contributed by atoms with van der Waals surface area (Å²) in [5.74, 6) is 0.825. The number of hydrogen-bond acceptors (Lipinski definition) is 3. The Balaban J connectivity index is 4.12. The van der Waals surface area contributed by atoms with Crippen LogP contribution >= 0.6 is 0 Å². The van der Waals surface area contributed by atoms with Crippen molar-refractivity contribution in [1.29, 1.82) is 0 Å². The van der Waals surface area contributed by atoms with Gasteiger partial charge in [-0.15, -0.1) is 0 Å². The summed E-state index contributed by atoms with van der Waals surface area (Å²) in [5, 5.41) is 6.37. The van der Waals surface area contributed by atoms with E-state index in [0.29, 0.717) is 24.5 Å². The summed E-state index contributed by atoms with van der Waals surface area (Å²) in [6.45, 7) is 8.71. The lowest BCUT2D eigenvalue weighted by Gasteiger charge is -2.21. The smallest absolute Gasteiger partial charge is 0.310 e. The predicted molar refractivity (Wildman–Crippen MR) is 70.0 cm³/mol. The number of esters is 1. The van der Waals surface area contributed by atoms with Crippen molar-refractivity contribution in [3.8, 4) is 0 Å². The van der Waals surface area contributed by atoms with Crippen LogP contribution in [0.4, 0.5) is 0 Å². The number of guanidine groups is 1.